The third-order valence-electron chi connectivity index (χ3n) is 0.701. The molecule has 76 valence electrons. The van der Waals surface area contributed by atoms with Crippen LogP contribution in [0.4, 0.5) is 17.6 Å². The van der Waals surface area contributed by atoms with Crippen LogP contribution in [-0.2, 0) is 0 Å². The molecule has 0 bridgehead atoms. The third-order valence-corrected chi connectivity index (χ3v) is 0.701. The summed E-state index contributed by atoms with van der Waals surface area (Å²) < 4.78 is 41.1. The minimum Gasteiger partial charge on any atom is -0.330 e. The SMILES string of the molecule is CCCCN.FC(F)=C(F)F.I. The quantitative estimate of drug-likeness (QED) is 0.614. The van der Waals surface area contributed by atoms with Gasteiger partial charge in [-0.1, -0.05) is 13.3 Å². The third kappa shape index (κ3) is 22.5. The van der Waals surface area contributed by atoms with Gasteiger partial charge in [0.05, 0.1) is 0 Å². The zero-order valence-corrected chi connectivity index (χ0v) is 8.95. The first-order valence-corrected chi connectivity index (χ1v) is 3.12. The molecular formula is C6H12F4IN. The number of hydrogen-bond donors (Lipinski definition) is 1. The molecule has 0 fully saturated rings. The molecule has 0 rings (SSSR count). The van der Waals surface area contributed by atoms with Gasteiger partial charge < -0.3 is 5.73 Å². The number of halogens is 5. The van der Waals surface area contributed by atoms with E-state index in [1.165, 1.54) is 12.8 Å². The monoisotopic (exact) mass is 301 g/mol. The lowest BCUT2D eigenvalue weighted by atomic mass is 10.3. The summed E-state index contributed by atoms with van der Waals surface area (Å²) in [5.74, 6) is 0. The maximum Gasteiger partial charge on any atom is 0.334 e. The molecular weight excluding hydrogens is 289 g/mol. The fourth-order valence-corrected chi connectivity index (χ4v) is 0.204. The topological polar surface area (TPSA) is 26.0 Å². The Morgan fingerprint density at radius 2 is 1.42 bits per heavy atom. The van der Waals surface area contributed by atoms with E-state index in [1.54, 1.807) is 0 Å². The average molecular weight is 301 g/mol. The second-order valence-electron chi connectivity index (χ2n) is 1.66. The van der Waals surface area contributed by atoms with Crippen molar-refractivity contribution in [3.8, 4) is 0 Å². The van der Waals surface area contributed by atoms with Gasteiger partial charge in [0.25, 0.3) is 0 Å². The van der Waals surface area contributed by atoms with Crippen LogP contribution in [0.5, 0.6) is 0 Å². The smallest absolute Gasteiger partial charge is 0.330 e. The summed E-state index contributed by atoms with van der Waals surface area (Å²) in [6.07, 6.45) is -3.43. The van der Waals surface area contributed by atoms with Gasteiger partial charge in [-0.3, -0.25) is 0 Å². The highest BCUT2D eigenvalue weighted by Crippen LogP contribution is 2.08. The largest absolute Gasteiger partial charge is 0.334 e. The Kier molecular flexibility index (Phi) is 20.6. The molecule has 0 aromatic heterocycles. The molecule has 0 atom stereocenters. The van der Waals surface area contributed by atoms with Gasteiger partial charge in [0.15, 0.2) is 0 Å². The van der Waals surface area contributed by atoms with Crippen molar-refractivity contribution in [1.82, 2.24) is 0 Å². The van der Waals surface area contributed by atoms with Crippen molar-refractivity contribution < 1.29 is 17.6 Å². The summed E-state index contributed by atoms with van der Waals surface area (Å²) in [6, 6.07) is 0. The average Bonchev–Trinajstić information content (AvgIpc) is 1.90. The molecule has 0 aromatic rings. The van der Waals surface area contributed by atoms with E-state index in [0.29, 0.717) is 0 Å². The van der Waals surface area contributed by atoms with Crippen LogP contribution in [0.3, 0.4) is 0 Å². The van der Waals surface area contributed by atoms with Crippen LogP contribution in [0.1, 0.15) is 19.8 Å². The lowest BCUT2D eigenvalue weighted by molar-refractivity contribution is 0.308. The van der Waals surface area contributed by atoms with Crippen molar-refractivity contribution in [2.45, 2.75) is 19.8 Å². The Hall–Kier alpha value is 0.150. The maximum atomic E-state index is 10.3. The van der Waals surface area contributed by atoms with Crippen molar-refractivity contribution in [3.63, 3.8) is 0 Å². The Bertz CT molecular complexity index is 98.1. The minimum atomic E-state index is -2.91. The normalized spacial score (nSPS) is 7.50. The van der Waals surface area contributed by atoms with Gasteiger partial charge >= 0.3 is 12.2 Å². The van der Waals surface area contributed by atoms with Crippen molar-refractivity contribution >= 4 is 24.0 Å². The summed E-state index contributed by atoms with van der Waals surface area (Å²) in [5, 5.41) is 0. The minimum absolute atomic E-state index is 0. The van der Waals surface area contributed by atoms with Gasteiger partial charge in [0.2, 0.25) is 0 Å². The van der Waals surface area contributed by atoms with Crippen molar-refractivity contribution in [3.05, 3.63) is 12.2 Å². The summed E-state index contributed by atoms with van der Waals surface area (Å²) >= 11 is 0. The van der Waals surface area contributed by atoms with E-state index in [1.807, 2.05) is 0 Å². The van der Waals surface area contributed by atoms with E-state index < -0.39 is 12.2 Å². The molecule has 0 aliphatic heterocycles. The van der Waals surface area contributed by atoms with Crippen molar-refractivity contribution in [1.29, 1.82) is 0 Å². The van der Waals surface area contributed by atoms with Crippen LogP contribution in [0.2, 0.25) is 0 Å². The molecule has 0 aliphatic rings. The van der Waals surface area contributed by atoms with E-state index >= 15 is 0 Å². The number of nitrogens with two attached hydrogens (primary N) is 1. The lowest BCUT2D eigenvalue weighted by Crippen LogP contribution is -1.95. The number of unbranched alkanes of at least 4 members (excludes halogenated alkanes) is 1. The summed E-state index contributed by atoms with van der Waals surface area (Å²) in [4.78, 5) is 0. The molecule has 0 amide bonds. The van der Waals surface area contributed by atoms with E-state index in [-0.39, 0.29) is 24.0 Å². The highest BCUT2D eigenvalue weighted by atomic mass is 127. The van der Waals surface area contributed by atoms with Gasteiger partial charge in [0.1, 0.15) is 0 Å². The van der Waals surface area contributed by atoms with E-state index in [0.717, 1.165) is 6.54 Å². The number of rotatable bonds is 2. The lowest BCUT2D eigenvalue weighted by Gasteiger charge is -1.80. The van der Waals surface area contributed by atoms with Gasteiger partial charge in [-0.2, -0.15) is 17.6 Å². The standard InChI is InChI=1S/C4H11N.C2F4.HI/c1-2-3-4-5;3-1(4)2(5)6;/h2-5H2,1H3;;1H. The molecule has 0 saturated heterocycles. The number of hydrogen-bond acceptors (Lipinski definition) is 1. The molecule has 0 heterocycles. The fourth-order valence-electron chi connectivity index (χ4n) is 0.204. The van der Waals surface area contributed by atoms with Gasteiger partial charge in [-0.25, -0.2) is 0 Å². The zero-order chi connectivity index (χ0) is 9.28. The molecule has 0 aromatic carbocycles. The second-order valence-corrected chi connectivity index (χ2v) is 1.66. The van der Waals surface area contributed by atoms with Crippen LogP contribution < -0.4 is 5.73 Å². The molecule has 0 saturated carbocycles. The van der Waals surface area contributed by atoms with E-state index in [9.17, 15) is 17.6 Å². The maximum absolute atomic E-state index is 10.3. The Balaban J connectivity index is -0.000000126. The molecule has 2 N–H and O–H groups in total. The van der Waals surface area contributed by atoms with Gasteiger partial charge in [-0.05, 0) is 13.0 Å². The Morgan fingerprint density at radius 1 is 1.08 bits per heavy atom. The first-order valence-electron chi connectivity index (χ1n) is 3.12. The second kappa shape index (κ2) is 13.7. The van der Waals surface area contributed by atoms with E-state index in [4.69, 9.17) is 5.73 Å². The van der Waals surface area contributed by atoms with Crippen LogP contribution in [0.25, 0.3) is 0 Å². The summed E-state index contributed by atoms with van der Waals surface area (Å²) in [6.45, 7) is 2.98. The molecule has 0 unspecified atom stereocenters. The molecule has 0 aliphatic carbocycles. The van der Waals surface area contributed by atoms with Crippen LogP contribution in [-0.4, -0.2) is 6.54 Å². The Labute approximate surface area is 86.0 Å². The van der Waals surface area contributed by atoms with Gasteiger partial charge in [-0.15, -0.1) is 24.0 Å². The highest BCUT2D eigenvalue weighted by molar-refractivity contribution is 14.0. The molecule has 1 nitrogen and oxygen atoms in total. The zero-order valence-electron chi connectivity index (χ0n) is 6.62. The van der Waals surface area contributed by atoms with E-state index in [2.05, 4.69) is 6.92 Å². The molecule has 0 spiro atoms. The first kappa shape index (κ1) is 18.0. The van der Waals surface area contributed by atoms with Crippen LogP contribution in [0, 0.1) is 0 Å². The first-order chi connectivity index (χ1) is 5.06. The van der Waals surface area contributed by atoms with Crippen molar-refractivity contribution in [2.24, 2.45) is 5.73 Å². The molecule has 12 heavy (non-hydrogen) atoms. The summed E-state index contributed by atoms with van der Waals surface area (Å²) in [7, 11) is 0. The fraction of sp³-hybridized carbons (Fsp3) is 0.667. The van der Waals surface area contributed by atoms with Crippen LogP contribution >= 0.6 is 24.0 Å². The van der Waals surface area contributed by atoms with Crippen molar-refractivity contribution in [2.75, 3.05) is 6.54 Å². The Morgan fingerprint density at radius 3 is 1.42 bits per heavy atom. The molecule has 0 radical (unpaired) electrons. The summed E-state index contributed by atoms with van der Waals surface area (Å²) in [5.41, 5.74) is 5.14. The predicted octanol–water partition coefficient (Wildman–Crippen LogP) is 3.35. The van der Waals surface area contributed by atoms with Gasteiger partial charge in [0, 0.05) is 0 Å². The van der Waals surface area contributed by atoms with Crippen LogP contribution in [0.15, 0.2) is 12.2 Å². The predicted molar refractivity (Wildman–Crippen MR) is 50.8 cm³/mol. The molecule has 6 heteroatoms. The highest BCUT2D eigenvalue weighted by Gasteiger charge is 1.98.